The van der Waals surface area contributed by atoms with Crippen LogP contribution in [-0.4, -0.2) is 23.8 Å². The topological polar surface area (TPSA) is 105 Å². The highest BCUT2D eigenvalue weighted by Gasteiger charge is 2.07. The SMILES string of the molecule is CC(C)CS(=O)(=O)O.Cc1c(C)c2ccc(O)cc2oc1=O. The van der Waals surface area contributed by atoms with Gasteiger partial charge in [0.2, 0.25) is 0 Å². The number of aryl methyl sites for hydroxylation is 1. The maximum atomic E-state index is 11.3. The summed E-state index contributed by atoms with van der Waals surface area (Å²) in [4.78, 5) is 11.3. The largest absolute Gasteiger partial charge is 0.508 e. The minimum Gasteiger partial charge on any atom is -0.508 e. The zero-order chi connectivity index (χ0) is 17.1. The Labute approximate surface area is 129 Å². The molecule has 2 aromatic rings. The van der Waals surface area contributed by atoms with E-state index in [9.17, 15) is 18.3 Å². The molecule has 6 nitrogen and oxygen atoms in total. The van der Waals surface area contributed by atoms with Gasteiger partial charge in [-0.15, -0.1) is 0 Å². The molecule has 122 valence electrons. The number of aromatic hydroxyl groups is 1. The lowest BCUT2D eigenvalue weighted by Crippen LogP contribution is -2.09. The van der Waals surface area contributed by atoms with E-state index in [1.807, 2.05) is 6.92 Å². The molecular weight excluding hydrogens is 308 g/mol. The third kappa shape index (κ3) is 5.16. The summed E-state index contributed by atoms with van der Waals surface area (Å²) in [6.07, 6.45) is 0. The molecule has 0 aliphatic heterocycles. The first-order chi connectivity index (χ1) is 10.0. The summed E-state index contributed by atoms with van der Waals surface area (Å²) in [5, 5.41) is 10.1. The van der Waals surface area contributed by atoms with Gasteiger partial charge in [-0.2, -0.15) is 8.42 Å². The molecule has 0 saturated carbocycles. The van der Waals surface area contributed by atoms with E-state index >= 15 is 0 Å². The van der Waals surface area contributed by atoms with Crippen LogP contribution in [0.15, 0.2) is 27.4 Å². The van der Waals surface area contributed by atoms with Crippen molar-refractivity contribution in [2.45, 2.75) is 27.7 Å². The molecule has 0 fully saturated rings. The van der Waals surface area contributed by atoms with Crippen LogP contribution in [0.25, 0.3) is 11.0 Å². The first-order valence-corrected chi connectivity index (χ1v) is 8.30. The van der Waals surface area contributed by atoms with Crippen molar-refractivity contribution in [3.63, 3.8) is 0 Å². The normalized spacial score (nSPS) is 11.4. The van der Waals surface area contributed by atoms with Crippen LogP contribution < -0.4 is 5.63 Å². The Morgan fingerprint density at radius 3 is 2.23 bits per heavy atom. The van der Waals surface area contributed by atoms with Crippen LogP contribution in [0.5, 0.6) is 5.75 Å². The van der Waals surface area contributed by atoms with E-state index in [0.717, 1.165) is 10.9 Å². The molecule has 7 heteroatoms. The maximum Gasteiger partial charge on any atom is 0.339 e. The Hall–Kier alpha value is -1.86. The van der Waals surface area contributed by atoms with E-state index in [4.69, 9.17) is 8.97 Å². The predicted molar refractivity (Wildman–Crippen MR) is 84.9 cm³/mol. The third-order valence-electron chi connectivity index (χ3n) is 2.98. The minimum atomic E-state index is -3.72. The molecule has 2 N–H and O–H groups in total. The van der Waals surface area contributed by atoms with E-state index in [1.165, 1.54) is 6.07 Å². The van der Waals surface area contributed by atoms with Gasteiger partial charge in [-0.3, -0.25) is 4.55 Å². The van der Waals surface area contributed by atoms with E-state index in [-0.39, 0.29) is 23.0 Å². The summed E-state index contributed by atoms with van der Waals surface area (Å²) in [6, 6.07) is 4.77. The fourth-order valence-electron chi connectivity index (χ4n) is 1.86. The molecule has 0 radical (unpaired) electrons. The lowest BCUT2D eigenvalue weighted by Gasteiger charge is -2.03. The Balaban J connectivity index is 0.000000261. The molecule has 0 saturated heterocycles. The predicted octanol–water partition coefficient (Wildman–Crippen LogP) is 2.65. The molecule has 1 heterocycles. The van der Waals surface area contributed by atoms with Gasteiger partial charge < -0.3 is 9.52 Å². The summed E-state index contributed by atoms with van der Waals surface area (Å²) in [5.74, 6) is -0.0404. The van der Waals surface area contributed by atoms with Crippen LogP contribution in [0.3, 0.4) is 0 Å². The Morgan fingerprint density at radius 2 is 1.77 bits per heavy atom. The van der Waals surface area contributed by atoms with Gasteiger partial charge in [-0.25, -0.2) is 4.79 Å². The van der Waals surface area contributed by atoms with Gasteiger partial charge in [0.1, 0.15) is 11.3 Å². The molecule has 1 aromatic carbocycles. The Morgan fingerprint density at radius 1 is 1.18 bits per heavy atom. The minimum absolute atomic E-state index is 0.00463. The quantitative estimate of drug-likeness (QED) is 0.648. The van der Waals surface area contributed by atoms with Crippen LogP contribution in [0.2, 0.25) is 0 Å². The monoisotopic (exact) mass is 328 g/mol. The van der Waals surface area contributed by atoms with Gasteiger partial charge in [-0.1, -0.05) is 13.8 Å². The zero-order valence-electron chi connectivity index (χ0n) is 13.0. The lowest BCUT2D eigenvalue weighted by molar-refractivity contribution is 0.472. The number of hydrogen-bond donors (Lipinski definition) is 2. The summed E-state index contributed by atoms with van der Waals surface area (Å²) in [5.41, 5.74) is 1.60. The van der Waals surface area contributed by atoms with Crippen molar-refractivity contribution in [1.29, 1.82) is 0 Å². The fourth-order valence-corrected chi connectivity index (χ4v) is 2.70. The van der Waals surface area contributed by atoms with Crippen LogP contribution in [0.4, 0.5) is 0 Å². The van der Waals surface area contributed by atoms with Gasteiger partial charge in [0.15, 0.2) is 0 Å². The molecule has 0 aliphatic rings. The van der Waals surface area contributed by atoms with Crippen molar-refractivity contribution in [1.82, 2.24) is 0 Å². The average molecular weight is 328 g/mol. The molecule has 0 amide bonds. The van der Waals surface area contributed by atoms with Gasteiger partial charge in [0, 0.05) is 17.0 Å². The van der Waals surface area contributed by atoms with Gasteiger partial charge in [-0.05, 0) is 37.5 Å². The Kier molecular flexibility index (Phi) is 5.73. The second-order valence-corrected chi connectivity index (χ2v) is 6.96. The molecule has 0 unspecified atom stereocenters. The lowest BCUT2D eigenvalue weighted by atomic mass is 10.1. The van der Waals surface area contributed by atoms with Gasteiger partial charge in [0.25, 0.3) is 10.1 Å². The van der Waals surface area contributed by atoms with E-state index < -0.39 is 10.1 Å². The molecule has 22 heavy (non-hydrogen) atoms. The van der Waals surface area contributed by atoms with E-state index in [1.54, 1.807) is 32.9 Å². The van der Waals surface area contributed by atoms with Crippen molar-refractivity contribution < 1.29 is 22.5 Å². The highest BCUT2D eigenvalue weighted by molar-refractivity contribution is 7.85. The number of fused-ring (bicyclic) bond motifs is 1. The zero-order valence-corrected chi connectivity index (χ0v) is 13.8. The smallest absolute Gasteiger partial charge is 0.339 e. The van der Waals surface area contributed by atoms with Crippen LogP contribution >= 0.6 is 0 Å². The molecule has 2 rings (SSSR count). The van der Waals surface area contributed by atoms with Crippen molar-refractivity contribution >= 4 is 21.1 Å². The summed E-state index contributed by atoms with van der Waals surface area (Å²) < 4.78 is 33.2. The highest BCUT2D eigenvalue weighted by Crippen LogP contribution is 2.22. The number of benzene rings is 1. The van der Waals surface area contributed by atoms with Crippen molar-refractivity contribution in [2.75, 3.05) is 5.75 Å². The summed E-state index contributed by atoms with van der Waals surface area (Å²) >= 11 is 0. The van der Waals surface area contributed by atoms with E-state index in [2.05, 4.69) is 0 Å². The second kappa shape index (κ2) is 6.93. The van der Waals surface area contributed by atoms with Crippen LogP contribution in [0, 0.1) is 19.8 Å². The molecule has 1 aromatic heterocycles. The second-order valence-electron chi connectivity index (χ2n) is 5.46. The number of rotatable bonds is 2. The van der Waals surface area contributed by atoms with Crippen molar-refractivity contribution in [3.05, 3.63) is 39.7 Å². The first kappa shape index (κ1) is 18.2. The standard InChI is InChI=1S/C11H10O3.C4H10O3S/c1-6-7(2)11(13)14-10-5-8(12)3-4-9(6)10;1-4(2)3-8(5,6)7/h3-5,12H,1-2H3;4H,3H2,1-2H3,(H,5,6,7). The third-order valence-corrected chi connectivity index (χ3v) is 4.07. The fraction of sp³-hybridized carbons (Fsp3) is 0.400. The van der Waals surface area contributed by atoms with E-state index in [0.29, 0.717) is 11.1 Å². The Bertz CT molecular complexity index is 818. The summed E-state index contributed by atoms with van der Waals surface area (Å²) in [6.45, 7) is 7.06. The highest BCUT2D eigenvalue weighted by atomic mass is 32.2. The van der Waals surface area contributed by atoms with Crippen LogP contribution in [-0.2, 0) is 10.1 Å². The molecule has 0 aliphatic carbocycles. The van der Waals surface area contributed by atoms with Gasteiger partial charge in [0.05, 0.1) is 5.75 Å². The van der Waals surface area contributed by atoms with Crippen molar-refractivity contribution in [2.24, 2.45) is 5.92 Å². The number of phenols is 1. The maximum absolute atomic E-state index is 11.3. The number of phenolic OH excluding ortho intramolecular Hbond substituents is 1. The molecule has 0 bridgehead atoms. The average Bonchev–Trinajstić information content (AvgIpc) is 2.33. The van der Waals surface area contributed by atoms with Crippen molar-refractivity contribution in [3.8, 4) is 5.75 Å². The van der Waals surface area contributed by atoms with Crippen LogP contribution in [0.1, 0.15) is 25.0 Å². The molecular formula is C15H20O6S. The number of hydrogen-bond acceptors (Lipinski definition) is 5. The summed E-state index contributed by atoms with van der Waals surface area (Å²) in [7, 11) is -3.72. The first-order valence-electron chi connectivity index (χ1n) is 6.69. The van der Waals surface area contributed by atoms with Gasteiger partial charge >= 0.3 is 5.63 Å². The molecule has 0 spiro atoms. The molecule has 0 atom stereocenters.